The standard InChI is InChI=1S/C13H14N4O3/c1-8-4-3-5-11(16-8)15-7-10(6-14)12(18)17-9(2)13(19)20/h3-5,7,9H,1-2H3,(H,15,16)(H,17,18)(H,19,20)/b10-7-. The fourth-order valence-corrected chi connectivity index (χ4v) is 1.25. The van der Waals surface area contributed by atoms with Crippen molar-refractivity contribution in [3.63, 3.8) is 0 Å². The molecule has 20 heavy (non-hydrogen) atoms. The van der Waals surface area contributed by atoms with E-state index in [4.69, 9.17) is 10.4 Å². The number of amides is 1. The number of hydrogen-bond donors (Lipinski definition) is 3. The molecule has 0 bridgehead atoms. The molecular formula is C13H14N4O3. The molecule has 1 unspecified atom stereocenters. The molecule has 1 aromatic heterocycles. The van der Waals surface area contributed by atoms with Crippen molar-refractivity contribution in [1.29, 1.82) is 5.26 Å². The summed E-state index contributed by atoms with van der Waals surface area (Å²) in [5, 5.41) is 22.5. The zero-order chi connectivity index (χ0) is 15.1. The van der Waals surface area contributed by atoms with Gasteiger partial charge in [0, 0.05) is 11.9 Å². The van der Waals surface area contributed by atoms with E-state index in [2.05, 4.69) is 15.6 Å². The van der Waals surface area contributed by atoms with Gasteiger partial charge in [-0.2, -0.15) is 5.26 Å². The molecule has 0 aliphatic rings. The van der Waals surface area contributed by atoms with Crippen LogP contribution < -0.4 is 10.6 Å². The minimum Gasteiger partial charge on any atom is -0.480 e. The maximum atomic E-state index is 11.7. The number of aromatic nitrogens is 1. The smallest absolute Gasteiger partial charge is 0.325 e. The predicted molar refractivity (Wildman–Crippen MR) is 71.5 cm³/mol. The molecule has 0 saturated carbocycles. The molecule has 0 saturated heterocycles. The highest BCUT2D eigenvalue weighted by molar-refractivity contribution is 5.99. The van der Waals surface area contributed by atoms with Crippen molar-refractivity contribution in [1.82, 2.24) is 10.3 Å². The van der Waals surface area contributed by atoms with Crippen molar-refractivity contribution in [3.8, 4) is 6.07 Å². The van der Waals surface area contributed by atoms with Crippen LogP contribution in [-0.2, 0) is 9.59 Å². The second-order valence-corrected chi connectivity index (χ2v) is 4.01. The van der Waals surface area contributed by atoms with E-state index in [0.717, 1.165) is 5.69 Å². The van der Waals surface area contributed by atoms with Gasteiger partial charge in [0.2, 0.25) is 0 Å². The first kappa shape index (κ1) is 15.2. The fraction of sp³-hybridized carbons (Fsp3) is 0.231. The highest BCUT2D eigenvalue weighted by Crippen LogP contribution is 2.05. The molecule has 1 heterocycles. The molecule has 0 spiro atoms. The third kappa shape index (κ3) is 4.42. The maximum Gasteiger partial charge on any atom is 0.325 e. The van der Waals surface area contributed by atoms with Crippen LogP contribution in [0.15, 0.2) is 30.0 Å². The molecule has 0 fully saturated rings. The molecule has 0 aliphatic carbocycles. The van der Waals surface area contributed by atoms with Gasteiger partial charge in [0.1, 0.15) is 23.5 Å². The van der Waals surface area contributed by atoms with Crippen molar-refractivity contribution >= 4 is 17.7 Å². The normalized spacial score (nSPS) is 12.2. The lowest BCUT2D eigenvalue weighted by molar-refractivity contribution is -0.140. The van der Waals surface area contributed by atoms with Crippen molar-refractivity contribution in [3.05, 3.63) is 35.7 Å². The number of aryl methyl sites for hydroxylation is 1. The number of aliphatic carboxylic acids is 1. The maximum absolute atomic E-state index is 11.7. The van der Waals surface area contributed by atoms with E-state index in [9.17, 15) is 9.59 Å². The topological polar surface area (TPSA) is 115 Å². The average molecular weight is 274 g/mol. The lowest BCUT2D eigenvalue weighted by Crippen LogP contribution is -2.39. The summed E-state index contributed by atoms with van der Waals surface area (Å²) < 4.78 is 0. The number of rotatable bonds is 5. The van der Waals surface area contributed by atoms with Gasteiger partial charge in [-0.15, -0.1) is 0 Å². The summed E-state index contributed by atoms with van der Waals surface area (Å²) >= 11 is 0. The molecule has 104 valence electrons. The predicted octanol–water partition coefficient (Wildman–Crippen LogP) is 0.799. The Kier molecular flexibility index (Phi) is 5.23. The Morgan fingerprint density at radius 1 is 1.50 bits per heavy atom. The molecule has 7 heteroatoms. The Hall–Kier alpha value is -2.88. The minimum atomic E-state index is -1.18. The van der Waals surface area contributed by atoms with Crippen molar-refractivity contribution in [2.45, 2.75) is 19.9 Å². The van der Waals surface area contributed by atoms with Gasteiger partial charge in [-0.05, 0) is 26.0 Å². The minimum absolute atomic E-state index is 0.235. The zero-order valence-electron chi connectivity index (χ0n) is 11.0. The average Bonchev–Trinajstić information content (AvgIpc) is 2.39. The van der Waals surface area contributed by atoms with Crippen LogP contribution in [0.3, 0.4) is 0 Å². The molecule has 7 nitrogen and oxygen atoms in total. The van der Waals surface area contributed by atoms with Crippen LogP contribution in [0.2, 0.25) is 0 Å². The number of anilines is 1. The second kappa shape index (κ2) is 6.89. The van der Waals surface area contributed by atoms with Crippen LogP contribution in [0.1, 0.15) is 12.6 Å². The molecule has 1 rings (SSSR count). The Balaban J connectivity index is 2.75. The summed E-state index contributed by atoms with van der Waals surface area (Å²) in [6.45, 7) is 3.12. The number of carbonyl (C=O) groups excluding carboxylic acids is 1. The first-order valence-corrected chi connectivity index (χ1v) is 5.78. The third-order valence-corrected chi connectivity index (χ3v) is 2.34. The van der Waals surface area contributed by atoms with Crippen LogP contribution in [0, 0.1) is 18.3 Å². The van der Waals surface area contributed by atoms with Crippen LogP contribution in [0.5, 0.6) is 0 Å². The summed E-state index contributed by atoms with van der Waals surface area (Å²) in [6, 6.07) is 5.88. The lowest BCUT2D eigenvalue weighted by atomic mass is 10.2. The summed E-state index contributed by atoms with van der Waals surface area (Å²) in [5.74, 6) is -1.46. The Labute approximate surface area is 115 Å². The number of carboxylic acids is 1. The number of nitrogens with one attached hydrogen (secondary N) is 2. The second-order valence-electron chi connectivity index (χ2n) is 4.01. The highest BCUT2D eigenvalue weighted by Gasteiger charge is 2.16. The molecule has 1 atom stereocenters. The van der Waals surface area contributed by atoms with Gasteiger partial charge >= 0.3 is 5.97 Å². The Morgan fingerprint density at radius 2 is 2.20 bits per heavy atom. The summed E-state index contributed by atoms with van der Waals surface area (Å²) in [5.41, 5.74) is 0.548. The van der Waals surface area contributed by atoms with Gasteiger partial charge in [0.25, 0.3) is 5.91 Å². The zero-order valence-corrected chi connectivity index (χ0v) is 11.0. The van der Waals surface area contributed by atoms with Gasteiger partial charge in [0.05, 0.1) is 0 Å². The fourth-order valence-electron chi connectivity index (χ4n) is 1.25. The van der Waals surface area contributed by atoms with Crippen molar-refractivity contribution < 1.29 is 14.7 Å². The Bertz CT molecular complexity index is 590. The van der Waals surface area contributed by atoms with Gasteiger partial charge < -0.3 is 15.7 Å². The monoisotopic (exact) mass is 274 g/mol. The largest absolute Gasteiger partial charge is 0.480 e. The molecule has 1 aromatic rings. The first-order chi connectivity index (χ1) is 9.43. The van der Waals surface area contributed by atoms with E-state index in [1.807, 2.05) is 0 Å². The quantitative estimate of drug-likeness (QED) is 0.540. The third-order valence-electron chi connectivity index (χ3n) is 2.34. The number of carbonyl (C=O) groups is 2. The number of nitriles is 1. The Morgan fingerprint density at radius 3 is 2.75 bits per heavy atom. The van der Waals surface area contributed by atoms with Crippen LogP contribution in [-0.4, -0.2) is 28.0 Å². The first-order valence-electron chi connectivity index (χ1n) is 5.78. The highest BCUT2D eigenvalue weighted by atomic mass is 16.4. The van der Waals surface area contributed by atoms with Crippen LogP contribution in [0.25, 0.3) is 0 Å². The van der Waals surface area contributed by atoms with Crippen molar-refractivity contribution in [2.75, 3.05) is 5.32 Å². The lowest BCUT2D eigenvalue weighted by Gasteiger charge is -2.08. The molecule has 0 aliphatic heterocycles. The van der Waals surface area contributed by atoms with Crippen LogP contribution >= 0.6 is 0 Å². The summed E-state index contributed by atoms with van der Waals surface area (Å²) in [6.07, 6.45) is 1.19. The van der Waals surface area contributed by atoms with Crippen molar-refractivity contribution in [2.24, 2.45) is 0 Å². The van der Waals surface area contributed by atoms with E-state index in [-0.39, 0.29) is 5.57 Å². The van der Waals surface area contributed by atoms with E-state index in [1.54, 1.807) is 31.2 Å². The van der Waals surface area contributed by atoms with Gasteiger partial charge in [-0.3, -0.25) is 9.59 Å². The molecule has 1 amide bonds. The van der Waals surface area contributed by atoms with Crippen LogP contribution in [0.4, 0.5) is 5.82 Å². The van der Waals surface area contributed by atoms with E-state index in [1.165, 1.54) is 13.1 Å². The SMILES string of the molecule is Cc1cccc(N/C=C(/C#N)C(=O)NC(C)C(=O)O)n1. The molecular weight excluding hydrogens is 260 g/mol. The van der Waals surface area contributed by atoms with Gasteiger partial charge in [-0.1, -0.05) is 6.07 Å². The molecule has 0 aromatic carbocycles. The van der Waals surface area contributed by atoms with E-state index >= 15 is 0 Å². The van der Waals surface area contributed by atoms with Gasteiger partial charge in [0.15, 0.2) is 0 Å². The van der Waals surface area contributed by atoms with E-state index < -0.39 is 17.9 Å². The number of nitrogens with zero attached hydrogens (tertiary/aromatic N) is 2. The summed E-state index contributed by atoms with van der Waals surface area (Å²) in [7, 11) is 0. The molecule has 0 radical (unpaired) electrons. The molecule has 3 N–H and O–H groups in total. The number of carboxylic acid groups (broad SMARTS) is 1. The number of hydrogen-bond acceptors (Lipinski definition) is 5. The van der Waals surface area contributed by atoms with E-state index in [0.29, 0.717) is 5.82 Å². The summed E-state index contributed by atoms with van der Waals surface area (Å²) in [4.78, 5) is 26.4. The van der Waals surface area contributed by atoms with Gasteiger partial charge in [-0.25, -0.2) is 4.98 Å². The number of pyridine rings is 1.